The zero-order valence-electron chi connectivity index (χ0n) is 20.1. The molecule has 0 aliphatic heterocycles. The Balaban J connectivity index is 1.34. The number of halogens is 3. The predicted octanol–water partition coefficient (Wildman–Crippen LogP) is 6.43. The molecule has 0 spiro atoms. The van der Waals surface area contributed by atoms with Gasteiger partial charge in [0.15, 0.2) is 5.82 Å². The number of nitrogens with zero attached hydrogens (tertiary/aromatic N) is 3. The summed E-state index contributed by atoms with van der Waals surface area (Å²) in [6.07, 6.45) is 0.497. The number of fused-ring (bicyclic) bond motifs is 1. The number of rotatable bonds is 6. The summed E-state index contributed by atoms with van der Waals surface area (Å²) in [5.41, 5.74) is 0.124. The molecule has 0 bridgehead atoms. The quantitative estimate of drug-likeness (QED) is 0.185. The molecule has 0 unspecified atom stereocenters. The number of nitrogens with one attached hydrogen (secondary N) is 4. The highest BCUT2D eigenvalue weighted by Crippen LogP contribution is 2.39. The number of H-pyrrole nitrogens is 1. The third kappa shape index (κ3) is 5.91. The van der Waals surface area contributed by atoms with Gasteiger partial charge in [-0.2, -0.15) is 23.3 Å². The van der Waals surface area contributed by atoms with Crippen LogP contribution in [0.5, 0.6) is 11.8 Å². The summed E-state index contributed by atoms with van der Waals surface area (Å²) in [7, 11) is 0. The number of hydrogen-bond donors (Lipinski definition) is 4. The number of anilines is 4. The van der Waals surface area contributed by atoms with Crippen molar-refractivity contribution in [1.82, 2.24) is 20.2 Å². The van der Waals surface area contributed by atoms with E-state index >= 15 is 0 Å². The van der Waals surface area contributed by atoms with Crippen LogP contribution in [0.25, 0.3) is 11.0 Å². The molecule has 5 aromatic rings. The van der Waals surface area contributed by atoms with Crippen molar-refractivity contribution in [2.75, 3.05) is 16.0 Å². The Hall–Kier alpha value is -5.51. The van der Waals surface area contributed by atoms with E-state index in [0.29, 0.717) is 22.8 Å². The number of aromatic amines is 1. The number of hydrogen-bond acceptors (Lipinski definition) is 7. The van der Waals surface area contributed by atoms with E-state index in [9.17, 15) is 18.0 Å². The number of alkyl halides is 3. The first-order valence-corrected chi connectivity index (χ1v) is 11.3. The van der Waals surface area contributed by atoms with Crippen molar-refractivity contribution >= 4 is 40.2 Å². The number of aromatic nitrogens is 4. The van der Waals surface area contributed by atoms with Crippen LogP contribution in [0, 0.1) is 19.3 Å². The third-order valence-electron chi connectivity index (χ3n) is 5.23. The van der Waals surface area contributed by atoms with Crippen LogP contribution < -0.4 is 20.7 Å². The SMILES string of the molecule is C#Cc1cc(Nc2cc(C)nc(Oc3ccc(NC(=O)Nc4cc5ccccc5o4)cc3C(F)(F)F)n2)n[nH]1. The van der Waals surface area contributed by atoms with Gasteiger partial charge in [-0.25, -0.2) is 9.78 Å². The summed E-state index contributed by atoms with van der Waals surface area (Å²) in [6.45, 7) is 1.62. The van der Waals surface area contributed by atoms with Gasteiger partial charge in [0, 0.05) is 35.0 Å². The lowest BCUT2D eigenvalue weighted by atomic mass is 10.1. The summed E-state index contributed by atoms with van der Waals surface area (Å²) in [5, 5.41) is 15.0. The Morgan fingerprint density at radius 3 is 2.62 bits per heavy atom. The van der Waals surface area contributed by atoms with E-state index in [1.54, 1.807) is 49.4 Å². The lowest BCUT2D eigenvalue weighted by Crippen LogP contribution is -2.19. The number of terminal acetylenes is 1. The van der Waals surface area contributed by atoms with E-state index in [1.807, 2.05) is 0 Å². The van der Waals surface area contributed by atoms with Crippen molar-refractivity contribution in [3.63, 3.8) is 0 Å². The fourth-order valence-electron chi connectivity index (χ4n) is 3.58. The maximum atomic E-state index is 13.9. The summed E-state index contributed by atoms with van der Waals surface area (Å²) in [6, 6.07) is 13.7. The smallest absolute Gasteiger partial charge is 0.420 e. The minimum atomic E-state index is -4.81. The molecular weight excluding hydrogens is 515 g/mol. The maximum absolute atomic E-state index is 13.9. The molecule has 0 saturated carbocycles. The molecule has 3 heterocycles. The minimum Gasteiger partial charge on any atom is -0.440 e. The van der Waals surface area contributed by atoms with Gasteiger partial charge in [-0.15, -0.1) is 6.42 Å². The van der Waals surface area contributed by atoms with Crippen molar-refractivity contribution in [2.45, 2.75) is 13.1 Å². The normalized spacial score (nSPS) is 11.2. The first-order chi connectivity index (χ1) is 18.7. The molecule has 5 rings (SSSR count). The highest BCUT2D eigenvalue weighted by molar-refractivity contribution is 6.00. The molecule has 10 nitrogen and oxygen atoms in total. The van der Waals surface area contributed by atoms with Gasteiger partial charge >= 0.3 is 18.2 Å². The molecule has 4 N–H and O–H groups in total. The van der Waals surface area contributed by atoms with Crippen molar-refractivity contribution in [3.8, 4) is 24.1 Å². The topological polar surface area (TPSA) is 130 Å². The number of para-hydroxylation sites is 1. The highest BCUT2D eigenvalue weighted by Gasteiger charge is 2.35. The Morgan fingerprint density at radius 2 is 1.87 bits per heavy atom. The second-order valence-electron chi connectivity index (χ2n) is 8.15. The van der Waals surface area contributed by atoms with E-state index in [1.165, 1.54) is 6.07 Å². The molecule has 39 heavy (non-hydrogen) atoms. The molecule has 0 aliphatic rings. The minimum absolute atomic E-state index is 0.126. The van der Waals surface area contributed by atoms with Crippen molar-refractivity contribution in [1.29, 1.82) is 0 Å². The number of amides is 2. The average Bonchev–Trinajstić information content (AvgIpc) is 3.50. The van der Waals surface area contributed by atoms with Gasteiger partial charge in [-0.05, 0) is 31.2 Å². The number of furan rings is 1. The standard InChI is InChI=1S/C26H18F3N7O3/c1-3-16-13-22(36-35-16)32-21-10-14(2)30-25(33-21)39-20-9-8-17(12-18(20)26(27,28)29)31-24(37)34-23-11-15-6-4-5-7-19(15)38-23/h1,4-13H,2H3,(H2,31,34,37)(H2,30,32,33,35,36). The molecule has 0 fully saturated rings. The Morgan fingerprint density at radius 1 is 1.05 bits per heavy atom. The van der Waals surface area contributed by atoms with Gasteiger partial charge in [-0.1, -0.05) is 24.1 Å². The van der Waals surface area contributed by atoms with Gasteiger partial charge in [-0.3, -0.25) is 10.4 Å². The van der Waals surface area contributed by atoms with Crippen LogP contribution in [0.3, 0.4) is 0 Å². The van der Waals surface area contributed by atoms with Crippen LogP contribution in [0.2, 0.25) is 0 Å². The lowest BCUT2D eigenvalue weighted by molar-refractivity contribution is -0.138. The summed E-state index contributed by atoms with van der Waals surface area (Å²) in [5.74, 6) is 2.53. The van der Waals surface area contributed by atoms with Crippen LogP contribution in [-0.2, 0) is 6.18 Å². The van der Waals surface area contributed by atoms with E-state index in [4.69, 9.17) is 15.6 Å². The van der Waals surface area contributed by atoms with E-state index in [-0.39, 0.29) is 23.4 Å². The third-order valence-corrected chi connectivity index (χ3v) is 5.23. The lowest BCUT2D eigenvalue weighted by Gasteiger charge is -2.15. The fourth-order valence-corrected chi connectivity index (χ4v) is 3.58. The number of urea groups is 1. The van der Waals surface area contributed by atoms with Crippen molar-refractivity contribution in [3.05, 3.63) is 77.6 Å². The molecule has 0 aliphatic carbocycles. The molecule has 3 aromatic heterocycles. The Labute approximate surface area is 218 Å². The van der Waals surface area contributed by atoms with E-state index in [2.05, 4.69) is 42.0 Å². The Kier molecular flexibility index (Phi) is 6.51. The van der Waals surface area contributed by atoms with Gasteiger partial charge in [0.1, 0.15) is 28.4 Å². The summed E-state index contributed by atoms with van der Waals surface area (Å²) < 4.78 is 52.7. The van der Waals surface area contributed by atoms with Crippen LogP contribution in [0.1, 0.15) is 17.0 Å². The van der Waals surface area contributed by atoms with Crippen LogP contribution in [-0.4, -0.2) is 26.2 Å². The van der Waals surface area contributed by atoms with Crippen LogP contribution in [0.15, 0.2) is 65.1 Å². The molecule has 0 radical (unpaired) electrons. The highest BCUT2D eigenvalue weighted by atomic mass is 19.4. The number of carbonyl (C=O) groups is 1. The second kappa shape index (κ2) is 10.1. The van der Waals surface area contributed by atoms with Crippen LogP contribution >= 0.6 is 0 Å². The molecule has 0 saturated heterocycles. The Bertz CT molecular complexity index is 1690. The maximum Gasteiger partial charge on any atom is 0.420 e. The number of ether oxygens (including phenoxy) is 1. The summed E-state index contributed by atoms with van der Waals surface area (Å²) >= 11 is 0. The van der Waals surface area contributed by atoms with Gasteiger partial charge in [0.25, 0.3) is 0 Å². The van der Waals surface area contributed by atoms with Crippen molar-refractivity contribution < 1.29 is 27.1 Å². The largest absolute Gasteiger partial charge is 0.440 e. The molecule has 13 heteroatoms. The van der Waals surface area contributed by atoms with Gasteiger partial charge < -0.3 is 19.8 Å². The van der Waals surface area contributed by atoms with Crippen molar-refractivity contribution in [2.24, 2.45) is 0 Å². The first-order valence-electron chi connectivity index (χ1n) is 11.3. The number of benzene rings is 2. The monoisotopic (exact) mass is 533 g/mol. The van der Waals surface area contributed by atoms with E-state index in [0.717, 1.165) is 17.5 Å². The molecule has 0 atom stereocenters. The molecular formula is C26H18F3N7O3. The zero-order valence-corrected chi connectivity index (χ0v) is 20.1. The van der Waals surface area contributed by atoms with Gasteiger partial charge in [0.05, 0.1) is 0 Å². The van der Waals surface area contributed by atoms with E-state index < -0.39 is 23.5 Å². The predicted molar refractivity (Wildman–Crippen MR) is 137 cm³/mol. The zero-order chi connectivity index (χ0) is 27.6. The fraction of sp³-hybridized carbons (Fsp3) is 0.0769. The number of aryl methyl sites for hydroxylation is 1. The van der Waals surface area contributed by atoms with Gasteiger partial charge in [0.2, 0.25) is 5.88 Å². The van der Waals surface area contributed by atoms with Crippen LogP contribution in [0.4, 0.5) is 41.2 Å². The molecule has 2 amide bonds. The molecule has 2 aromatic carbocycles. The number of carbonyl (C=O) groups excluding carboxylic acids is 1. The average molecular weight is 533 g/mol. The first kappa shape index (κ1) is 25.2. The molecule has 196 valence electrons. The summed E-state index contributed by atoms with van der Waals surface area (Å²) in [4.78, 5) is 20.6. The second-order valence-corrected chi connectivity index (χ2v) is 8.15.